The summed E-state index contributed by atoms with van der Waals surface area (Å²) in [6, 6.07) is 19.9. The normalized spacial score (nSPS) is 15.6. The summed E-state index contributed by atoms with van der Waals surface area (Å²) in [6.45, 7) is 3.94. The largest absolute Gasteiger partial charge is 0.496 e. The van der Waals surface area contributed by atoms with Gasteiger partial charge in [-0.05, 0) is 59.2 Å². The highest BCUT2D eigenvalue weighted by molar-refractivity contribution is 9.10. The molecule has 42 heavy (non-hydrogen) atoms. The molecule has 9 heteroatoms. The van der Waals surface area contributed by atoms with Gasteiger partial charge < -0.3 is 19.9 Å². The maximum absolute atomic E-state index is 14.4. The molecule has 8 nitrogen and oxygen atoms in total. The molecule has 1 aromatic heterocycles. The third kappa shape index (κ3) is 6.01. The van der Waals surface area contributed by atoms with E-state index >= 15 is 0 Å². The molecule has 0 spiro atoms. The Morgan fingerprint density at radius 1 is 1.10 bits per heavy atom. The lowest BCUT2D eigenvalue weighted by Crippen LogP contribution is -2.53. The Morgan fingerprint density at radius 3 is 2.60 bits per heavy atom. The van der Waals surface area contributed by atoms with E-state index in [1.54, 1.807) is 35.4 Å². The number of ether oxygens (including phenoxy) is 1. The predicted molar refractivity (Wildman–Crippen MR) is 168 cm³/mol. The number of nitrogens with zero attached hydrogens (tertiary/aromatic N) is 3. The summed E-state index contributed by atoms with van der Waals surface area (Å²) in [5, 5.41) is 4.89. The molecule has 3 aromatic carbocycles. The first-order valence-electron chi connectivity index (χ1n) is 14.0. The molecule has 0 fully saturated rings. The van der Waals surface area contributed by atoms with Crippen molar-refractivity contribution in [1.82, 2.24) is 10.3 Å². The van der Waals surface area contributed by atoms with Gasteiger partial charge in [0.05, 0.1) is 38.0 Å². The Balaban J connectivity index is 1.62. The summed E-state index contributed by atoms with van der Waals surface area (Å²) in [5.41, 5.74) is 2.77. The molecule has 2 atom stereocenters. The summed E-state index contributed by atoms with van der Waals surface area (Å²) < 4.78 is 6.70. The highest BCUT2D eigenvalue weighted by atomic mass is 79.9. The van der Waals surface area contributed by atoms with Crippen molar-refractivity contribution in [3.05, 3.63) is 94.7 Å². The zero-order valence-electron chi connectivity index (χ0n) is 23.8. The van der Waals surface area contributed by atoms with E-state index in [1.807, 2.05) is 74.5 Å². The Morgan fingerprint density at radius 2 is 1.88 bits per heavy atom. The number of anilines is 2. The van der Waals surface area contributed by atoms with Gasteiger partial charge in [-0.1, -0.05) is 60.1 Å². The fourth-order valence-electron chi connectivity index (χ4n) is 5.22. The van der Waals surface area contributed by atoms with Crippen LogP contribution in [-0.2, 0) is 27.3 Å². The number of halogens is 1. The van der Waals surface area contributed by atoms with Crippen LogP contribution in [0.3, 0.4) is 0 Å². The molecule has 5 rings (SSSR count). The van der Waals surface area contributed by atoms with Crippen molar-refractivity contribution in [2.45, 2.75) is 39.3 Å². The fraction of sp³-hybridized carbons (Fsp3) is 0.273. The Labute approximate surface area is 253 Å². The number of carbonyl (C=O) groups excluding carboxylic acids is 3. The molecule has 3 amide bonds. The van der Waals surface area contributed by atoms with Gasteiger partial charge in [-0.25, -0.2) is 0 Å². The number of benzene rings is 3. The first kappa shape index (κ1) is 29.3. The lowest BCUT2D eigenvalue weighted by atomic mass is 10.0. The van der Waals surface area contributed by atoms with E-state index in [-0.39, 0.29) is 43.1 Å². The molecule has 0 radical (unpaired) electrons. The third-order valence-electron chi connectivity index (χ3n) is 7.73. The monoisotopic (exact) mass is 628 g/mol. The van der Waals surface area contributed by atoms with Gasteiger partial charge in [-0.3, -0.25) is 19.4 Å². The average molecular weight is 630 g/mol. The summed E-state index contributed by atoms with van der Waals surface area (Å²) in [4.78, 5) is 48.7. The van der Waals surface area contributed by atoms with Crippen molar-refractivity contribution < 1.29 is 19.1 Å². The van der Waals surface area contributed by atoms with Crippen molar-refractivity contribution in [2.24, 2.45) is 5.92 Å². The number of carbonyl (C=O) groups is 3. The van der Waals surface area contributed by atoms with Crippen molar-refractivity contribution in [1.29, 1.82) is 0 Å². The lowest BCUT2D eigenvalue weighted by Gasteiger charge is -2.27. The third-order valence-corrected chi connectivity index (χ3v) is 8.23. The number of aromatic nitrogens is 1. The van der Waals surface area contributed by atoms with Crippen LogP contribution in [0.2, 0.25) is 0 Å². The second-order valence-corrected chi connectivity index (χ2v) is 11.4. The number of fused-ring (bicyclic) bond motifs is 2. The van der Waals surface area contributed by atoms with Crippen LogP contribution in [0.15, 0.2) is 83.6 Å². The van der Waals surface area contributed by atoms with Gasteiger partial charge in [0.25, 0.3) is 5.91 Å². The Kier molecular flexibility index (Phi) is 8.87. The molecule has 0 bridgehead atoms. The molecule has 0 unspecified atom stereocenters. The molecule has 4 aromatic rings. The standard InChI is InChI=1S/C33H33BrN4O4/c1-4-21(2)32(40)36-27-20-37(31(39)16-22-8-7-15-35-18-22)28-9-5-6-10-29(28)38(33(27)41)19-26-25-13-12-24(34)17-23(25)11-14-30(26)42-3/h5-15,17-18,21,27H,4,16,19-20H2,1-3H3,(H,36,40)/t21-,27+/m1/s1. The zero-order chi connectivity index (χ0) is 29.8. The number of methoxy groups -OCH3 is 1. The number of amides is 3. The summed E-state index contributed by atoms with van der Waals surface area (Å²) in [7, 11) is 1.61. The van der Waals surface area contributed by atoms with Gasteiger partial charge in [0.2, 0.25) is 11.8 Å². The van der Waals surface area contributed by atoms with Gasteiger partial charge >= 0.3 is 0 Å². The van der Waals surface area contributed by atoms with Crippen LogP contribution >= 0.6 is 15.9 Å². The second-order valence-electron chi connectivity index (χ2n) is 10.4. The highest BCUT2D eigenvalue weighted by Crippen LogP contribution is 2.37. The van der Waals surface area contributed by atoms with E-state index < -0.39 is 6.04 Å². The van der Waals surface area contributed by atoms with Crippen molar-refractivity contribution in [3.63, 3.8) is 0 Å². The number of nitrogens with one attached hydrogen (secondary N) is 1. The van der Waals surface area contributed by atoms with E-state index in [1.165, 1.54) is 0 Å². The van der Waals surface area contributed by atoms with Crippen molar-refractivity contribution in [2.75, 3.05) is 23.5 Å². The van der Waals surface area contributed by atoms with E-state index in [0.717, 1.165) is 26.4 Å². The maximum Gasteiger partial charge on any atom is 0.251 e. The summed E-state index contributed by atoms with van der Waals surface area (Å²) in [5.74, 6) is -0.362. The van der Waals surface area contributed by atoms with Gasteiger partial charge in [0.15, 0.2) is 0 Å². The van der Waals surface area contributed by atoms with Crippen LogP contribution in [0.25, 0.3) is 10.8 Å². The quantitative estimate of drug-likeness (QED) is 0.272. The Bertz CT molecular complexity index is 1630. The van der Waals surface area contributed by atoms with Crippen LogP contribution in [0.5, 0.6) is 5.75 Å². The first-order valence-corrected chi connectivity index (χ1v) is 14.7. The SMILES string of the molecule is CC[C@@H](C)C(=O)N[C@H]1CN(C(=O)Cc2cccnc2)c2ccccc2N(Cc2c(OC)ccc3cc(Br)ccc23)C1=O. The second kappa shape index (κ2) is 12.7. The number of rotatable bonds is 8. The predicted octanol–water partition coefficient (Wildman–Crippen LogP) is 5.66. The minimum absolute atomic E-state index is 0.00718. The molecule has 216 valence electrons. The van der Waals surface area contributed by atoms with Crippen molar-refractivity contribution in [3.8, 4) is 5.75 Å². The minimum atomic E-state index is -0.952. The average Bonchev–Trinajstić information content (AvgIpc) is 3.11. The number of hydrogen-bond acceptors (Lipinski definition) is 5. The Hall–Kier alpha value is -4.24. The van der Waals surface area contributed by atoms with Crippen LogP contribution < -0.4 is 19.9 Å². The smallest absolute Gasteiger partial charge is 0.251 e. The lowest BCUT2D eigenvalue weighted by molar-refractivity contribution is -0.129. The molecule has 0 saturated carbocycles. The van der Waals surface area contributed by atoms with E-state index in [4.69, 9.17) is 4.74 Å². The minimum Gasteiger partial charge on any atom is -0.496 e. The first-order chi connectivity index (χ1) is 20.3. The van der Waals surface area contributed by atoms with Crippen LogP contribution in [0, 0.1) is 5.92 Å². The molecule has 1 aliphatic rings. The summed E-state index contributed by atoms with van der Waals surface area (Å²) in [6.07, 6.45) is 4.05. The fourth-order valence-corrected chi connectivity index (χ4v) is 5.60. The highest BCUT2D eigenvalue weighted by Gasteiger charge is 2.37. The number of pyridine rings is 1. The van der Waals surface area contributed by atoms with E-state index in [2.05, 4.69) is 26.2 Å². The molecule has 1 N–H and O–H groups in total. The van der Waals surface area contributed by atoms with E-state index in [9.17, 15) is 14.4 Å². The van der Waals surface area contributed by atoms with Crippen LogP contribution in [0.4, 0.5) is 11.4 Å². The molecule has 0 saturated heterocycles. The molecular formula is C33H33BrN4O4. The van der Waals surface area contributed by atoms with Crippen molar-refractivity contribution >= 4 is 55.8 Å². The molecule has 1 aliphatic heterocycles. The van der Waals surface area contributed by atoms with E-state index in [0.29, 0.717) is 23.5 Å². The van der Waals surface area contributed by atoms with Crippen LogP contribution in [0.1, 0.15) is 31.4 Å². The molecule has 2 heterocycles. The number of para-hydroxylation sites is 2. The van der Waals surface area contributed by atoms with Gasteiger partial charge in [0.1, 0.15) is 11.8 Å². The molecule has 0 aliphatic carbocycles. The molecular weight excluding hydrogens is 596 g/mol. The van der Waals surface area contributed by atoms with Gasteiger partial charge in [-0.15, -0.1) is 0 Å². The number of hydrogen-bond donors (Lipinski definition) is 1. The topological polar surface area (TPSA) is 91.8 Å². The summed E-state index contributed by atoms with van der Waals surface area (Å²) >= 11 is 3.55. The van der Waals surface area contributed by atoms with Gasteiger partial charge in [0, 0.05) is 28.3 Å². The zero-order valence-corrected chi connectivity index (χ0v) is 25.4. The van der Waals surface area contributed by atoms with Gasteiger partial charge in [-0.2, -0.15) is 0 Å². The van der Waals surface area contributed by atoms with Crippen LogP contribution in [-0.4, -0.2) is 42.4 Å². The maximum atomic E-state index is 14.4.